The fourth-order valence-electron chi connectivity index (χ4n) is 1.48. The highest BCUT2D eigenvalue weighted by atomic mass is 16.5. The number of carboxylic acid groups (broad SMARTS) is 1. The molecule has 0 spiro atoms. The van der Waals surface area contributed by atoms with Gasteiger partial charge < -0.3 is 15.2 Å². The fraction of sp³-hybridized carbons (Fsp3) is 0.700. The Morgan fingerprint density at radius 1 is 1.64 bits per heavy atom. The Hall–Kier alpha value is -0.870. The molecule has 80 valence electrons. The minimum atomic E-state index is -0.980. The Kier molecular flexibility index (Phi) is 4.62. The molecular weight excluding hydrogens is 182 g/mol. The Morgan fingerprint density at radius 3 is 3.00 bits per heavy atom. The minimum Gasteiger partial charge on any atom is -0.478 e. The van der Waals surface area contributed by atoms with E-state index in [1.165, 1.54) is 6.42 Å². The van der Waals surface area contributed by atoms with Crippen molar-refractivity contribution in [2.24, 2.45) is 5.92 Å². The van der Waals surface area contributed by atoms with Gasteiger partial charge in [-0.2, -0.15) is 0 Å². The van der Waals surface area contributed by atoms with Crippen LogP contribution in [0, 0.1) is 5.92 Å². The molecule has 0 aromatic rings. The van der Waals surface area contributed by atoms with Crippen molar-refractivity contribution in [3.8, 4) is 0 Å². The third-order valence-corrected chi connectivity index (χ3v) is 2.33. The predicted molar refractivity (Wildman–Crippen MR) is 53.2 cm³/mol. The third-order valence-electron chi connectivity index (χ3n) is 2.33. The molecule has 1 aliphatic heterocycles. The number of hydrogen-bond donors (Lipinski definition) is 2. The first-order valence-electron chi connectivity index (χ1n) is 4.89. The van der Waals surface area contributed by atoms with Gasteiger partial charge in [-0.1, -0.05) is 6.58 Å². The van der Waals surface area contributed by atoms with Crippen molar-refractivity contribution < 1.29 is 14.6 Å². The lowest BCUT2D eigenvalue weighted by Crippen LogP contribution is -2.32. The van der Waals surface area contributed by atoms with E-state index in [1.807, 2.05) is 0 Å². The van der Waals surface area contributed by atoms with E-state index in [2.05, 4.69) is 11.9 Å². The van der Waals surface area contributed by atoms with Crippen molar-refractivity contribution in [2.75, 3.05) is 26.3 Å². The van der Waals surface area contributed by atoms with Gasteiger partial charge >= 0.3 is 5.97 Å². The molecule has 0 bridgehead atoms. The number of nitrogens with one attached hydrogen (secondary N) is 1. The molecule has 0 saturated carbocycles. The van der Waals surface area contributed by atoms with Crippen molar-refractivity contribution in [1.82, 2.24) is 5.32 Å². The van der Waals surface area contributed by atoms with Gasteiger partial charge in [-0.05, 0) is 25.3 Å². The molecule has 14 heavy (non-hydrogen) atoms. The molecule has 1 rings (SSSR count). The van der Waals surface area contributed by atoms with Gasteiger partial charge in [0.2, 0.25) is 0 Å². The van der Waals surface area contributed by atoms with Crippen LogP contribution < -0.4 is 5.32 Å². The maximum atomic E-state index is 10.4. The molecule has 1 fully saturated rings. The second-order valence-corrected chi connectivity index (χ2v) is 3.64. The molecule has 0 aromatic heterocycles. The van der Waals surface area contributed by atoms with Crippen LogP contribution in [0.3, 0.4) is 0 Å². The van der Waals surface area contributed by atoms with Crippen molar-refractivity contribution >= 4 is 5.97 Å². The molecule has 4 heteroatoms. The zero-order chi connectivity index (χ0) is 10.4. The Labute approximate surface area is 83.9 Å². The monoisotopic (exact) mass is 199 g/mol. The van der Waals surface area contributed by atoms with Crippen LogP contribution in [0.25, 0.3) is 0 Å². The summed E-state index contributed by atoms with van der Waals surface area (Å²) in [6, 6.07) is 0. The first-order valence-corrected chi connectivity index (χ1v) is 4.89. The molecule has 1 atom stereocenters. The summed E-state index contributed by atoms with van der Waals surface area (Å²) in [5, 5.41) is 11.8. The molecule has 2 N–H and O–H groups in total. The fourth-order valence-corrected chi connectivity index (χ4v) is 1.48. The van der Waals surface area contributed by atoms with Crippen molar-refractivity contribution in [2.45, 2.75) is 12.8 Å². The van der Waals surface area contributed by atoms with Gasteiger partial charge in [0.15, 0.2) is 0 Å². The van der Waals surface area contributed by atoms with Crippen LogP contribution in [-0.2, 0) is 9.53 Å². The summed E-state index contributed by atoms with van der Waals surface area (Å²) in [4.78, 5) is 10.4. The molecule has 0 radical (unpaired) electrons. The lowest BCUT2D eigenvalue weighted by molar-refractivity contribution is -0.133. The summed E-state index contributed by atoms with van der Waals surface area (Å²) in [5.74, 6) is -0.461. The predicted octanol–water partition coefficient (Wildman–Crippen LogP) is 0.643. The molecule has 1 aliphatic rings. The van der Waals surface area contributed by atoms with Crippen LogP contribution in [0.4, 0.5) is 0 Å². The van der Waals surface area contributed by atoms with Crippen molar-refractivity contribution in [1.29, 1.82) is 0 Å². The molecule has 0 amide bonds. The van der Waals surface area contributed by atoms with Gasteiger partial charge in [0.05, 0.1) is 18.8 Å². The Morgan fingerprint density at radius 2 is 2.43 bits per heavy atom. The molecule has 0 aromatic carbocycles. The molecule has 1 unspecified atom stereocenters. The van der Waals surface area contributed by atoms with E-state index < -0.39 is 5.97 Å². The zero-order valence-corrected chi connectivity index (χ0v) is 8.29. The standard InChI is InChI=1S/C10H17NO3/c1-8(10(12)13)6-14-7-9-3-2-4-11-5-9/h9,11H,1-7H2,(H,12,13). The number of aliphatic carboxylic acids is 1. The van der Waals surface area contributed by atoms with Gasteiger partial charge in [0.1, 0.15) is 0 Å². The molecule has 0 aliphatic carbocycles. The number of hydrogen-bond acceptors (Lipinski definition) is 3. The second kappa shape index (κ2) is 5.78. The van der Waals surface area contributed by atoms with Gasteiger partial charge in [-0.15, -0.1) is 0 Å². The SMILES string of the molecule is C=C(COCC1CCCNC1)C(=O)O. The molecule has 1 saturated heterocycles. The van der Waals surface area contributed by atoms with E-state index in [0.29, 0.717) is 12.5 Å². The highest BCUT2D eigenvalue weighted by Gasteiger charge is 2.13. The zero-order valence-electron chi connectivity index (χ0n) is 8.29. The summed E-state index contributed by atoms with van der Waals surface area (Å²) in [7, 11) is 0. The summed E-state index contributed by atoms with van der Waals surface area (Å²) >= 11 is 0. The highest BCUT2D eigenvalue weighted by Crippen LogP contribution is 2.10. The minimum absolute atomic E-state index is 0.119. The normalized spacial score (nSPS) is 21.9. The number of carbonyl (C=O) groups is 1. The van der Waals surface area contributed by atoms with Gasteiger partial charge in [-0.25, -0.2) is 4.79 Å². The molecular formula is C10H17NO3. The second-order valence-electron chi connectivity index (χ2n) is 3.64. The first kappa shape index (κ1) is 11.2. The van der Waals surface area contributed by atoms with E-state index in [0.717, 1.165) is 19.5 Å². The van der Waals surface area contributed by atoms with Gasteiger partial charge in [-0.3, -0.25) is 0 Å². The Bertz CT molecular complexity index is 209. The van der Waals surface area contributed by atoms with E-state index in [1.54, 1.807) is 0 Å². The largest absolute Gasteiger partial charge is 0.478 e. The third kappa shape index (κ3) is 3.89. The van der Waals surface area contributed by atoms with E-state index in [9.17, 15) is 4.79 Å². The van der Waals surface area contributed by atoms with E-state index in [4.69, 9.17) is 9.84 Å². The summed E-state index contributed by atoms with van der Waals surface area (Å²) in [6.45, 7) is 6.21. The topological polar surface area (TPSA) is 58.6 Å². The van der Waals surface area contributed by atoms with E-state index in [-0.39, 0.29) is 12.2 Å². The smallest absolute Gasteiger partial charge is 0.333 e. The van der Waals surface area contributed by atoms with Crippen molar-refractivity contribution in [3.63, 3.8) is 0 Å². The molecule has 1 heterocycles. The van der Waals surface area contributed by atoms with Crippen LogP contribution in [0.5, 0.6) is 0 Å². The van der Waals surface area contributed by atoms with Gasteiger partial charge in [0.25, 0.3) is 0 Å². The lowest BCUT2D eigenvalue weighted by atomic mass is 10.0. The number of piperidine rings is 1. The summed E-state index contributed by atoms with van der Waals surface area (Å²) in [5.41, 5.74) is 0.119. The van der Waals surface area contributed by atoms with Crippen LogP contribution >= 0.6 is 0 Å². The van der Waals surface area contributed by atoms with Gasteiger partial charge in [0, 0.05) is 6.54 Å². The quantitative estimate of drug-likeness (QED) is 0.638. The van der Waals surface area contributed by atoms with Crippen LogP contribution in [0.15, 0.2) is 12.2 Å². The number of ether oxygens (including phenoxy) is 1. The Balaban J connectivity index is 2.08. The summed E-state index contributed by atoms with van der Waals surface area (Å²) in [6.07, 6.45) is 2.33. The average Bonchev–Trinajstić information content (AvgIpc) is 2.19. The molecule has 4 nitrogen and oxygen atoms in total. The highest BCUT2D eigenvalue weighted by molar-refractivity contribution is 5.85. The first-order chi connectivity index (χ1) is 6.70. The number of carboxylic acids is 1. The maximum Gasteiger partial charge on any atom is 0.333 e. The van der Waals surface area contributed by atoms with Crippen LogP contribution in [0.2, 0.25) is 0 Å². The summed E-state index contributed by atoms with van der Waals surface area (Å²) < 4.78 is 5.28. The van der Waals surface area contributed by atoms with Crippen LogP contribution in [0.1, 0.15) is 12.8 Å². The van der Waals surface area contributed by atoms with E-state index >= 15 is 0 Å². The van der Waals surface area contributed by atoms with Crippen LogP contribution in [-0.4, -0.2) is 37.4 Å². The lowest BCUT2D eigenvalue weighted by Gasteiger charge is -2.22. The van der Waals surface area contributed by atoms with Crippen molar-refractivity contribution in [3.05, 3.63) is 12.2 Å². The maximum absolute atomic E-state index is 10.4. The number of rotatable bonds is 5. The average molecular weight is 199 g/mol.